The number of carboxylic acid groups (broad SMARTS) is 1. The lowest BCUT2D eigenvalue weighted by Crippen LogP contribution is -2.23. The first kappa shape index (κ1) is 14.1. The Morgan fingerprint density at radius 1 is 1.53 bits per heavy atom. The molecule has 0 aliphatic carbocycles. The molecule has 4 nitrogen and oxygen atoms in total. The van der Waals surface area contributed by atoms with E-state index in [0.717, 1.165) is 37.8 Å². The van der Waals surface area contributed by atoms with E-state index < -0.39 is 5.97 Å². The molecule has 0 amide bonds. The highest BCUT2D eigenvalue weighted by Gasteiger charge is 2.36. The fourth-order valence-electron chi connectivity index (χ4n) is 2.88. The van der Waals surface area contributed by atoms with Gasteiger partial charge in [0.15, 0.2) is 0 Å². The fourth-order valence-corrected chi connectivity index (χ4v) is 2.88. The molecule has 0 radical (unpaired) electrons. The zero-order chi connectivity index (χ0) is 13.7. The molecule has 2 rings (SSSR count). The van der Waals surface area contributed by atoms with Gasteiger partial charge in [0.25, 0.3) is 0 Å². The molecule has 1 saturated heterocycles. The van der Waals surface area contributed by atoms with Gasteiger partial charge in [-0.1, -0.05) is 18.8 Å². The summed E-state index contributed by atoms with van der Waals surface area (Å²) >= 11 is 0. The predicted octanol–water partition coefficient (Wildman–Crippen LogP) is 1.05. The van der Waals surface area contributed by atoms with Crippen LogP contribution in [0.4, 0.5) is 0 Å². The van der Waals surface area contributed by atoms with E-state index in [1.807, 2.05) is 18.3 Å². The normalized spacial score (nSPS) is 23.6. The summed E-state index contributed by atoms with van der Waals surface area (Å²) in [6, 6.07) is 3.97. The molecule has 2 heterocycles. The van der Waals surface area contributed by atoms with Gasteiger partial charge in [-0.2, -0.15) is 0 Å². The van der Waals surface area contributed by atoms with Gasteiger partial charge in [0.05, 0.1) is 5.92 Å². The molecule has 0 unspecified atom stereocenters. The van der Waals surface area contributed by atoms with Crippen LogP contribution in [0.15, 0.2) is 24.5 Å². The van der Waals surface area contributed by atoms with Crippen molar-refractivity contribution in [2.75, 3.05) is 13.1 Å². The van der Waals surface area contributed by atoms with Crippen LogP contribution in [0.2, 0.25) is 6.32 Å². The Morgan fingerprint density at radius 2 is 2.37 bits per heavy atom. The SMILES string of the molecule is BCCC[C@H]1CN(Cc2cccnc2)C[C@H]1C(=O)O. The van der Waals surface area contributed by atoms with Crippen molar-refractivity contribution in [2.24, 2.45) is 11.8 Å². The topological polar surface area (TPSA) is 53.4 Å². The summed E-state index contributed by atoms with van der Waals surface area (Å²) in [5.74, 6) is -0.549. The molecular weight excluding hydrogens is 239 g/mol. The minimum Gasteiger partial charge on any atom is -0.481 e. The molecule has 1 aliphatic rings. The van der Waals surface area contributed by atoms with E-state index >= 15 is 0 Å². The van der Waals surface area contributed by atoms with E-state index in [-0.39, 0.29) is 5.92 Å². The third-order valence-electron chi connectivity index (χ3n) is 3.89. The van der Waals surface area contributed by atoms with E-state index in [2.05, 4.69) is 17.7 Å². The lowest BCUT2D eigenvalue weighted by molar-refractivity contribution is -0.142. The highest BCUT2D eigenvalue weighted by molar-refractivity contribution is 6.08. The third-order valence-corrected chi connectivity index (χ3v) is 3.89. The monoisotopic (exact) mass is 260 g/mol. The van der Waals surface area contributed by atoms with Crippen molar-refractivity contribution in [1.82, 2.24) is 9.88 Å². The number of nitrogens with zero attached hydrogens (tertiary/aromatic N) is 2. The van der Waals surface area contributed by atoms with Crippen LogP contribution in [0.1, 0.15) is 18.4 Å². The van der Waals surface area contributed by atoms with Crippen LogP contribution in [0.25, 0.3) is 0 Å². The summed E-state index contributed by atoms with van der Waals surface area (Å²) in [4.78, 5) is 17.7. The largest absolute Gasteiger partial charge is 0.481 e. The molecule has 1 aromatic heterocycles. The van der Waals surface area contributed by atoms with Crippen LogP contribution in [-0.4, -0.2) is 41.9 Å². The lowest BCUT2D eigenvalue weighted by atomic mass is 9.88. The zero-order valence-corrected chi connectivity index (χ0v) is 11.5. The Kier molecular flexibility index (Phi) is 4.96. The number of pyridine rings is 1. The smallest absolute Gasteiger partial charge is 0.308 e. The molecule has 19 heavy (non-hydrogen) atoms. The summed E-state index contributed by atoms with van der Waals surface area (Å²) in [5, 5.41) is 9.33. The molecule has 1 aliphatic heterocycles. The molecule has 0 bridgehead atoms. The second-order valence-corrected chi connectivity index (χ2v) is 5.40. The van der Waals surface area contributed by atoms with Crippen molar-refractivity contribution in [3.8, 4) is 0 Å². The van der Waals surface area contributed by atoms with Crippen molar-refractivity contribution in [3.05, 3.63) is 30.1 Å². The second kappa shape index (κ2) is 6.71. The first-order valence-corrected chi connectivity index (χ1v) is 7.04. The van der Waals surface area contributed by atoms with Gasteiger partial charge in [-0.25, -0.2) is 0 Å². The number of hydrogen-bond donors (Lipinski definition) is 1. The second-order valence-electron chi connectivity index (χ2n) is 5.40. The van der Waals surface area contributed by atoms with Crippen LogP contribution in [0.5, 0.6) is 0 Å². The number of aliphatic carboxylic acids is 1. The first-order chi connectivity index (χ1) is 9.20. The van der Waals surface area contributed by atoms with Crippen LogP contribution in [0.3, 0.4) is 0 Å². The fraction of sp³-hybridized carbons (Fsp3) is 0.571. The van der Waals surface area contributed by atoms with E-state index in [4.69, 9.17) is 0 Å². The minimum absolute atomic E-state index is 0.205. The van der Waals surface area contributed by atoms with Crippen molar-refractivity contribution >= 4 is 13.8 Å². The Morgan fingerprint density at radius 3 is 3.00 bits per heavy atom. The highest BCUT2D eigenvalue weighted by atomic mass is 16.4. The van der Waals surface area contributed by atoms with Crippen molar-refractivity contribution in [1.29, 1.82) is 0 Å². The summed E-state index contributed by atoms with van der Waals surface area (Å²) in [6.45, 7) is 2.37. The molecule has 5 heteroatoms. The van der Waals surface area contributed by atoms with Crippen molar-refractivity contribution in [2.45, 2.75) is 25.7 Å². The summed E-state index contributed by atoms with van der Waals surface area (Å²) < 4.78 is 0. The van der Waals surface area contributed by atoms with E-state index in [1.165, 1.54) is 0 Å². The molecule has 1 N–H and O–H groups in total. The van der Waals surface area contributed by atoms with Gasteiger partial charge in [-0.3, -0.25) is 14.7 Å². The van der Waals surface area contributed by atoms with Gasteiger partial charge in [0, 0.05) is 32.0 Å². The molecule has 1 aromatic rings. The Hall–Kier alpha value is -1.36. The lowest BCUT2D eigenvalue weighted by Gasteiger charge is -2.15. The summed E-state index contributed by atoms with van der Waals surface area (Å²) in [7, 11) is 2.15. The standard InChI is InChI=1S/C14H21BN2O2/c15-5-1-4-12-9-17(10-13(12)14(18)19)8-11-3-2-6-16-7-11/h2-3,6-7,12-13H,1,4-5,8-10,15H2,(H,18,19)/t12-,13+/m0/s1. The number of aromatic nitrogens is 1. The molecule has 102 valence electrons. The number of rotatable bonds is 6. The molecule has 2 atom stereocenters. The zero-order valence-electron chi connectivity index (χ0n) is 11.5. The van der Waals surface area contributed by atoms with Crippen LogP contribution >= 0.6 is 0 Å². The van der Waals surface area contributed by atoms with Gasteiger partial charge in [0.2, 0.25) is 0 Å². The Labute approximate surface area is 115 Å². The molecular formula is C14H21BN2O2. The van der Waals surface area contributed by atoms with Crippen molar-refractivity contribution < 1.29 is 9.90 Å². The third kappa shape index (κ3) is 3.80. The number of likely N-dealkylation sites (tertiary alicyclic amines) is 1. The average molecular weight is 260 g/mol. The van der Waals surface area contributed by atoms with E-state index in [1.54, 1.807) is 6.20 Å². The summed E-state index contributed by atoms with van der Waals surface area (Å²) in [6.07, 6.45) is 6.89. The highest BCUT2D eigenvalue weighted by Crippen LogP contribution is 2.29. The molecule has 0 aromatic carbocycles. The van der Waals surface area contributed by atoms with Crippen molar-refractivity contribution in [3.63, 3.8) is 0 Å². The maximum Gasteiger partial charge on any atom is 0.308 e. The Balaban J connectivity index is 1.95. The van der Waals surface area contributed by atoms with Gasteiger partial charge in [-0.15, -0.1) is 0 Å². The number of carbonyl (C=O) groups is 1. The number of hydrogen-bond acceptors (Lipinski definition) is 3. The minimum atomic E-state index is -0.644. The van der Waals surface area contributed by atoms with Gasteiger partial charge in [-0.05, 0) is 24.0 Å². The molecule has 0 saturated carbocycles. The molecule has 0 spiro atoms. The summed E-state index contributed by atoms with van der Waals surface area (Å²) in [5.41, 5.74) is 1.16. The Bertz CT molecular complexity index is 413. The van der Waals surface area contributed by atoms with E-state index in [9.17, 15) is 9.90 Å². The number of carboxylic acids is 1. The van der Waals surface area contributed by atoms with Gasteiger partial charge < -0.3 is 5.11 Å². The molecule has 1 fully saturated rings. The van der Waals surface area contributed by atoms with Gasteiger partial charge in [0.1, 0.15) is 7.85 Å². The average Bonchev–Trinajstić information content (AvgIpc) is 2.80. The first-order valence-electron chi connectivity index (χ1n) is 7.04. The maximum atomic E-state index is 11.3. The predicted molar refractivity (Wildman–Crippen MR) is 76.7 cm³/mol. The maximum absolute atomic E-state index is 11.3. The van der Waals surface area contributed by atoms with Gasteiger partial charge >= 0.3 is 5.97 Å². The van der Waals surface area contributed by atoms with Crippen LogP contribution in [0, 0.1) is 11.8 Å². The quantitative estimate of drug-likeness (QED) is 0.777. The van der Waals surface area contributed by atoms with Crippen LogP contribution in [-0.2, 0) is 11.3 Å². The van der Waals surface area contributed by atoms with Crippen LogP contribution < -0.4 is 0 Å². The van der Waals surface area contributed by atoms with E-state index in [0.29, 0.717) is 12.5 Å².